The third-order valence-corrected chi connectivity index (χ3v) is 4.43. The number of nitrogens with zero attached hydrogens (tertiary/aromatic N) is 1. The molecule has 0 saturated carbocycles. The van der Waals surface area contributed by atoms with Crippen molar-refractivity contribution in [2.45, 2.75) is 38.8 Å². The normalized spacial score (nSPS) is 16.0. The van der Waals surface area contributed by atoms with E-state index in [1.165, 1.54) is 7.11 Å². The molecule has 0 radical (unpaired) electrons. The van der Waals surface area contributed by atoms with E-state index in [4.69, 9.17) is 14.2 Å². The lowest BCUT2D eigenvalue weighted by molar-refractivity contribution is -0.143. The van der Waals surface area contributed by atoms with Crippen molar-refractivity contribution in [1.82, 2.24) is 10.2 Å². The summed E-state index contributed by atoms with van der Waals surface area (Å²) in [4.78, 5) is 26.4. The van der Waals surface area contributed by atoms with E-state index in [2.05, 4.69) is 15.5 Å². The molecule has 8 heteroatoms. The smallest absolute Gasteiger partial charge is 0.408 e. The molecule has 1 atom stereocenters. The number of hydrogen-bond acceptors (Lipinski definition) is 7. The van der Waals surface area contributed by atoms with Crippen LogP contribution in [0.2, 0.25) is 0 Å². The minimum Gasteiger partial charge on any atom is -0.467 e. The molecule has 0 aliphatic carbocycles. The lowest BCUT2D eigenvalue weighted by Crippen LogP contribution is -2.45. The molecule has 1 aromatic carbocycles. The molecule has 1 fully saturated rings. The Hall–Kier alpha value is -2.32. The van der Waals surface area contributed by atoms with Gasteiger partial charge in [-0.25, -0.2) is 9.59 Å². The second kappa shape index (κ2) is 11.0. The van der Waals surface area contributed by atoms with E-state index in [0.29, 0.717) is 6.42 Å². The highest BCUT2D eigenvalue weighted by Crippen LogP contribution is 2.13. The van der Waals surface area contributed by atoms with Gasteiger partial charge in [0.2, 0.25) is 0 Å². The molecular weight excluding hydrogens is 374 g/mol. The number of amides is 1. The standard InChI is InChI=1S/C21H33N3O5/c1-21(2,3)29-20(26)23-18(19(25)27-4)15-16-5-7-17(8-6-16)22-9-10-24-11-13-28-14-12-24/h5-8,18,22H,9-15H2,1-4H3,(H,23,26)/t18-/m1/s1. The van der Waals surface area contributed by atoms with Crippen LogP contribution in [0.5, 0.6) is 0 Å². The summed E-state index contributed by atoms with van der Waals surface area (Å²) in [5, 5.41) is 5.99. The number of benzene rings is 1. The van der Waals surface area contributed by atoms with Crippen molar-refractivity contribution in [2.24, 2.45) is 0 Å². The first-order valence-corrected chi connectivity index (χ1v) is 9.97. The Labute approximate surface area is 172 Å². The van der Waals surface area contributed by atoms with E-state index in [1.54, 1.807) is 20.8 Å². The van der Waals surface area contributed by atoms with Crippen molar-refractivity contribution in [1.29, 1.82) is 0 Å². The number of esters is 1. The van der Waals surface area contributed by atoms with Gasteiger partial charge in [0.05, 0.1) is 20.3 Å². The topological polar surface area (TPSA) is 89.1 Å². The first-order chi connectivity index (χ1) is 13.8. The zero-order valence-corrected chi connectivity index (χ0v) is 17.8. The zero-order valence-electron chi connectivity index (χ0n) is 17.8. The summed E-state index contributed by atoms with van der Waals surface area (Å²) in [5.41, 5.74) is 1.28. The number of anilines is 1. The van der Waals surface area contributed by atoms with Crippen LogP contribution in [0.1, 0.15) is 26.3 Å². The molecule has 0 spiro atoms. The molecule has 8 nitrogen and oxygen atoms in total. The molecule has 1 saturated heterocycles. The average Bonchev–Trinajstić information content (AvgIpc) is 2.67. The van der Waals surface area contributed by atoms with Gasteiger partial charge in [-0.15, -0.1) is 0 Å². The summed E-state index contributed by atoms with van der Waals surface area (Å²) in [6.07, 6.45) is -0.325. The molecule has 29 heavy (non-hydrogen) atoms. The highest BCUT2D eigenvalue weighted by molar-refractivity contribution is 5.81. The molecule has 1 heterocycles. The quantitative estimate of drug-likeness (QED) is 0.638. The summed E-state index contributed by atoms with van der Waals surface area (Å²) >= 11 is 0. The lowest BCUT2D eigenvalue weighted by Gasteiger charge is -2.26. The molecule has 1 aliphatic heterocycles. The number of ether oxygens (including phenoxy) is 3. The molecular formula is C21H33N3O5. The fraction of sp³-hybridized carbons (Fsp3) is 0.619. The first-order valence-electron chi connectivity index (χ1n) is 9.97. The maximum absolute atomic E-state index is 12.1. The van der Waals surface area contributed by atoms with E-state index in [9.17, 15) is 9.59 Å². The SMILES string of the molecule is COC(=O)[C@@H](Cc1ccc(NCCN2CCOCC2)cc1)NC(=O)OC(C)(C)C. The van der Waals surface area contributed by atoms with Crippen LogP contribution in [0, 0.1) is 0 Å². The summed E-state index contributed by atoms with van der Waals surface area (Å²) in [6.45, 7) is 10.7. The molecule has 162 valence electrons. The summed E-state index contributed by atoms with van der Waals surface area (Å²) in [6, 6.07) is 7.00. The number of hydrogen-bond donors (Lipinski definition) is 2. The number of rotatable bonds is 8. The maximum Gasteiger partial charge on any atom is 0.408 e. The van der Waals surface area contributed by atoms with Gasteiger partial charge in [-0.05, 0) is 38.5 Å². The second-order valence-electron chi connectivity index (χ2n) is 8.00. The highest BCUT2D eigenvalue weighted by Gasteiger charge is 2.25. The van der Waals surface area contributed by atoms with Crippen LogP contribution in [0.3, 0.4) is 0 Å². The monoisotopic (exact) mass is 407 g/mol. The Morgan fingerprint density at radius 3 is 2.41 bits per heavy atom. The van der Waals surface area contributed by atoms with E-state index in [-0.39, 0.29) is 0 Å². The minimum absolute atomic E-state index is 0.319. The van der Waals surface area contributed by atoms with Gasteiger partial charge < -0.3 is 24.8 Å². The van der Waals surface area contributed by atoms with Gasteiger partial charge in [0.15, 0.2) is 0 Å². The Balaban J connectivity index is 1.85. The molecule has 1 aromatic rings. The fourth-order valence-corrected chi connectivity index (χ4v) is 2.96. The molecule has 1 amide bonds. The van der Waals surface area contributed by atoms with Crippen molar-refractivity contribution >= 4 is 17.7 Å². The van der Waals surface area contributed by atoms with Crippen LogP contribution < -0.4 is 10.6 Å². The fourth-order valence-electron chi connectivity index (χ4n) is 2.96. The number of nitrogens with one attached hydrogen (secondary N) is 2. The highest BCUT2D eigenvalue weighted by atomic mass is 16.6. The van der Waals surface area contributed by atoms with Crippen molar-refractivity contribution in [3.8, 4) is 0 Å². The molecule has 2 N–H and O–H groups in total. The maximum atomic E-state index is 12.1. The van der Waals surface area contributed by atoms with Gasteiger partial charge >= 0.3 is 12.1 Å². The number of morpholine rings is 1. The van der Waals surface area contributed by atoms with Crippen LogP contribution in [-0.4, -0.2) is 75.1 Å². The van der Waals surface area contributed by atoms with Crippen LogP contribution in [0.25, 0.3) is 0 Å². The van der Waals surface area contributed by atoms with Gasteiger partial charge in [0, 0.05) is 38.3 Å². The van der Waals surface area contributed by atoms with Crippen LogP contribution in [0.4, 0.5) is 10.5 Å². The van der Waals surface area contributed by atoms with Crippen molar-refractivity contribution in [3.63, 3.8) is 0 Å². The third kappa shape index (κ3) is 8.70. The van der Waals surface area contributed by atoms with Crippen LogP contribution in [-0.2, 0) is 25.4 Å². The number of alkyl carbamates (subject to hydrolysis) is 1. The number of methoxy groups -OCH3 is 1. The molecule has 1 aliphatic rings. The second-order valence-corrected chi connectivity index (χ2v) is 8.00. The van der Waals surface area contributed by atoms with Gasteiger partial charge in [0.1, 0.15) is 11.6 Å². The van der Waals surface area contributed by atoms with Gasteiger partial charge in [-0.3, -0.25) is 4.90 Å². The van der Waals surface area contributed by atoms with E-state index >= 15 is 0 Å². The predicted octanol–water partition coefficient (Wildman–Crippen LogP) is 2.04. The van der Waals surface area contributed by atoms with E-state index in [0.717, 1.165) is 50.6 Å². The zero-order chi connectivity index (χ0) is 21.3. The van der Waals surface area contributed by atoms with E-state index in [1.807, 2.05) is 24.3 Å². The average molecular weight is 408 g/mol. The van der Waals surface area contributed by atoms with Gasteiger partial charge in [-0.2, -0.15) is 0 Å². The van der Waals surface area contributed by atoms with Gasteiger partial charge in [-0.1, -0.05) is 12.1 Å². The third-order valence-electron chi connectivity index (χ3n) is 4.43. The van der Waals surface area contributed by atoms with E-state index < -0.39 is 23.7 Å². The molecule has 0 bridgehead atoms. The number of carbonyl (C=O) groups is 2. The Morgan fingerprint density at radius 1 is 1.17 bits per heavy atom. The van der Waals surface area contributed by atoms with Crippen molar-refractivity contribution < 1.29 is 23.8 Å². The van der Waals surface area contributed by atoms with Crippen LogP contribution in [0.15, 0.2) is 24.3 Å². The minimum atomic E-state index is -0.810. The largest absolute Gasteiger partial charge is 0.467 e. The van der Waals surface area contributed by atoms with Crippen molar-refractivity contribution in [2.75, 3.05) is 51.8 Å². The molecule has 0 unspecified atom stereocenters. The lowest BCUT2D eigenvalue weighted by atomic mass is 10.1. The first kappa shape index (κ1) is 23.0. The van der Waals surface area contributed by atoms with Crippen molar-refractivity contribution in [3.05, 3.63) is 29.8 Å². The number of carbonyl (C=O) groups excluding carboxylic acids is 2. The summed E-state index contributed by atoms with van der Waals surface area (Å²) in [7, 11) is 1.30. The Morgan fingerprint density at radius 2 is 1.83 bits per heavy atom. The van der Waals surface area contributed by atoms with Gasteiger partial charge in [0.25, 0.3) is 0 Å². The summed E-state index contributed by atoms with van der Waals surface area (Å²) in [5.74, 6) is -0.511. The predicted molar refractivity (Wildman–Crippen MR) is 111 cm³/mol. The Bertz CT molecular complexity index is 651. The Kier molecular flexibility index (Phi) is 8.72. The molecule has 0 aromatic heterocycles. The molecule has 2 rings (SSSR count). The van der Waals surface area contributed by atoms with Crippen LogP contribution >= 0.6 is 0 Å². The summed E-state index contributed by atoms with van der Waals surface area (Å²) < 4.78 is 15.4.